The molecule has 128 valence electrons. The van der Waals surface area contributed by atoms with Crippen molar-refractivity contribution in [3.63, 3.8) is 0 Å². The summed E-state index contributed by atoms with van der Waals surface area (Å²) in [5.74, 6) is 2.97. The van der Waals surface area contributed by atoms with Crippen molar-refractivity contribution >= 4 is 17.5 Å². The summed E-state index contributed by atoms with van der Waals surface area (Å²) in [5, 5.41) is 6.55. The second-order valence-electron chi connectivity index (χ2n) is 5.78. The van der Waals surface area contributed by atoms with Gasteiger partial charge in [-0.25, -0.2) is 4.98 Å². The first-order chi connectivity index (χ1) is 12.2. The quantitative estimate of drug-likeness (QED) is 0.620. The minimum Gasteiger partial charge on any atom is -0.457 e. The van der Waals surface area contributed by atoms with Crippen molar-refractivity contribution in [2.24, 2.45) is 0 Å². The summed E-state index contributed by atoms with van der Waals surface area (Å²) < 4.78 is 5.79. The van der Waals surface area contributed by atoms with E-state index in [1.807, 2.05) is 60.7 Å². The van der Waals surface area contributed by atoms with Crippen molar-refractivity contribution in [1.29, 1.82) is 0 Å². The predicted molar refractivity (Wildman–Crippen MR) is 102 cm³/mol. The van der Waals surface area contributed by atoms with Gasteiger partial charge in [0, 0.05) is 17.9 Å². The van der Waals surface area contributed by atoms with Gasteiger partial charge in [-0.15, -0.1) is 0 Å². The van der Waals surface area contributed by atoms with Crippen LogP contribution in [0.4, 0.5) is 17.5 Å². The molecule has 0 aliphatic rings. The summed E-state index contributed by atoms with van der Waals surface area (Å²) in [6.07, 6.45) is 2.78. The van der Waals surface area contributed by atoms with Gasteiger partial charge in [-0.2, -0.15) is 4.98 Å². The van der Waals surface area contributed by atoms with E-state index in [1.54, 1.807) is 6.20 Å². The standard InChI is InChI=1S/C20H22N4O/c1-3-15(2)22-19-13-14-21-20(24-19)23-16-9-11-18(12-10-16)25-17-7-5-4-6-8-17/h4-15H,3H2,1-2H3,(H2,21,22,23,24). The molecule has 1 aromatic heterocycles. The molecule has 1 atom stereocenters. The zero-order valence-corrected chi connectivity index (χ0v) is 14.4. The van der Waals surface area contributed by atoms with Crippen LogP contribution in [0.1, 0.15) is 20.3 Å². The van der Waals surface area contributed by atoms with Gasteiger partial charge in [0.25, 0.3) is 0 Å². The highest BCUT2D eigenvalue weighted by molar-refractivity contribution is 5.56. The molecule has 0 radical (unpaired) electrons. The summed E-state index contributed by atoms with van der Waals surface area (Å²) in [5.41, 5.74) is 0.904. The Morgan fingerprint density at radius 2 is 1.68 bits per heavy atom. The number of nitrogens with one attached hydrogen (secondary N) is 2. The fourth-order valence-corrected chi connectivity index (χ4v) is 2.21. The van der Waals surface area contributed by atoms with Crippen molar-refractivity contribution in [3.8, 4) is 11.5 Å². The van der Waals surface area contributed by atoms with Gasteiger partial charge < -0.3 is 15.4 Å². The third-order valence-corrected chi connectivity index (χ3v) is 3.75. The third-order valence-electron chi connectivity index (χ3n) is 3.75. The van der Waals surface area contributed by atoms with Crippen LogP contribution in [0.2, 0.25) is 0 Å². The maximum Gasteiger partial charge on any atom is 0.229 e. The average Bonchev–Trinajstić information content (AvgIpc) is 2.64. The lowest BCUT2D eigenvalue weighted by molar-refractivity contribution is 0.483. The van der Waals surface area contributed by atoms with E-state index >= 15 is 0 Å². The van der Waals surface area contributed by atoms with Gasteiger partial charge in [0.1, 0.15) is 17.3 Å². The van der Waals surface area contributed by atoms with Gasteiger partial charge in [0.2, 0.25) is 5.95 Å². The third kappa shape index (κ3) is 4.94. The molecular weight excluding hydrogens is 312 g/mol. The van der Waals surface area contributed by atoms with Crippen LogP contribution in [-0.4, -0.2) is 16.0 Å². The lowest BCUT2D eigenvalue weighted by atomic mass is 10.2. The molecule has 3 aromatic rings. The van der Waals surface area contributed by atoms with Crippen molar-refractivity contribution in [2.75, 3.05) is 10.6 Å². The maximum atomic E-state index is 5.79. The van der Waals surface area contributed by atoms with Gasteiger partial charge in [0.05, 0.1) is 0 Å². The van der Waals surface area contributed by atoms with Crippen LogP contribution >= 0.6 is 0 Å². The van der Waals surface area contributed by atoms with Crippen LogP contribution in [-0.2, 0) is 0 Å². The van der Waals surface area contributed by atoms with Crippen LogP contribution in [0.3, 0.4) is 0 Å². The lowest BCUT2D eigenvalue weighted by Crippen LogP contribution is -2.14. The first kappa shape index (κ1) is 16.8. The van der Waals surface area contributed by atoms with Gasteiger partial charge in [0.15, 0.2) is 0 Å². The van der Waals surface area contributed by atoms with Crippen LogP contribution in [0, 0.1) is 0 Å². The topological polar surface area (TPSA) is 59.1 Å². The van der Waals surface area contributed by atoms with Crippen LogP contribution in [0.25, 0.3) is 0 Å². The summed E-state index contributed by atoms with van der Waals surface area (Å²) in [4.78, 5) is 8.75. The molecule has 0 saturated carbocycles. The van der Waals surface area contributed by atoms with E-state index < -0.39 is 0 Å². The normalized spacial score (nSPS) is 11.6. The molecule has 3 rings (SSSR count). The molecule has 2 N–H and O–H groups in total. The Bertz CT molecular complexity index is 790. The second kappa shape index (κ2) is 8.15. The molecule has 0 amide bonds. The average molecular weight is 334 g/mol. The Morgan fingerprint density at radius 1 is 0.960 bits per heavy atom. The number of rotatable bonds is 7. The zero-order valence-electron chi connectivity index (χ0n) is 14.4. The van der Waals surface area contributed by atoms with Gasteiger partial charge in [-0.05, 0) is 55.8 Å². The Morgan fingerprint density at radius 3 is 2.40 bits per heavy atom. The molecule has 5 heteroatoms. The minimum atomic E-state index is 0.372. The Labute approximate surface area is 148 Å². The largest absolute Gasteiger partial charge is 0.457 e. The molecule has 0 aliphatic carbocycles. The highest BCUT2D eigenvalue weighted by Gasteiger charge is 2.03. The monoisotopic (exact) mass is 334 g/mol. The molecule has 2 aromatic carbocycles. The SMILES string of the molecule is CCC(C)Nc1ccnc(Nc2ccc(Oc3ccccc3)cc2)n1. The van der Waals surface area contributed by atoms with Crippen molar-refractivity contribution < 1.29 is 4.74 Å². The van der Waals surface area contributed by atoms with E-state index in [-0.39, 0.29) is 0 Å². The van der Waals surface area contributed by atoms with Gasteiger partial charge in [-0.3, -0.25) is 0 Å². The molecule has 0 fully saturated rings. The highest BCUT2D eigenvalue weighted by Crippen LogP contribution is 2.23. The molecular formula is C20H22N4O. The van der Waals surface area contributed by atoms with Gasteiger partial charge >= 0.3 is 0 Å². The maximum absolute atomic E-state index is 5.79. The zero-order chi connectivity index (χ0) is 17.5. The number of aromatic nitrogens is 2. The summed E-state index contributed by atoms with van der Waals surface area (Å²) in [6, 6.07) is 19.7. The Hall–Kier alpha value is -3.08. The molecule has 0 aliphatic heterocycles. The molecule has 25 heavy (non-hydrogen) atoms. The van der Waals surface area contributed by atoms with E-state index in [0.717, 1.165) is 29.4 Å². The number of ether oxygens (including phenoxy) is 1. The number of hydrogen-bond acceptors (Lipinski definition) is 5. The van der Waals surface area contributed by atoms with E-state index in [2.05, 4.69) is 34.4 Å². The first-order valence-electron chi connectivity index (χ1n) is 8.42. The smallest absolute Gasteiger partial charge is 0.229 e. The second-order valence-corrected chi connectivity index (χ2v) is 5.78. The molecule has 1 heterocycles. The number of benzene rings is 2. The molecule has 0 spiro atoms. The summed E-state index contributed by atoms with van der Waals surface area (Å²) >= 11 is 0. The fraction of sp³-hybridized carbons (Fsp3) is 0.200. The van der Waals surface area contributed by atoms with E-state index in [0.29, 0.717) is 12.0 Å². The van der Waals surface area contributed by atoms with E-state index in [1.165, 1.54) is 0 Å². The number of para-hydroxylation sites is 1. The fourth-order valence-electron chi connectivity index (χ4n) is 2.21. The highest BCUT2D eigenvalue weighted by atomic mass is 16.5. The molecule has 0 saturated heterocycles. The molecule has 0 bridgehead atoms. The number of anilines is 3. The van der Waals surface area contributed by atoms with Gasteiger partial charge in [-0.1, -0.05) is 25.1 Å². The summed E-state index contributed by atoms with van der Waals surface area (Å²) in [7, 11) is 0. The van der Waals surface area contributed by atoms with E-state index in [9.17, 15) is 0 Å². The Kier molecular flexibility index (Phi) is 5.46. The summed E-state index contributed by atoms with van der Waals surface area (Å²) in [6.45, 7) is 4.26. The van der Waals surface area contributed by atoms with Crippen molar-refractivity contribution in [3.05, 3.63) is 66.9 Å². The lowest BCUT2D eigenvalue weighted by Gasteiger charge is -2.13. The predicted octanol–water partition coefficient (Wildman–Crippen LogP) is 5.22. The minimum absolute atomic E-state index is 0.372. The van der Waals surface area contributed by atoms with Crippen LogP contribution in [0.15, 0.2) is 66.9 Å². The van der Waals surface area contributed by atoms with Crippen molar-refractivity contribution in [1.82, 2.24) is 9.97 Å². The Balaban J connectivity index is 1.64. The van der Waals surface area contributed by atoms with E-state index in [4.69, 9.17) is 4.74 Å². The molecule has 5 nitrogen and oxygen atoms in total. The van der Waals surface area contributed by atoms with Crippen molar-refractivity contribution in [2.45, 2.75) is 26.3 Å². The van der Waals surface area contributed by atoms with Crippen LogP contribution < -0.4 is 15.4 Å². The van der Waals surface area contributed by atoms with Crippen LogP contribution in [0.5, 0.6) is 11.5 Å². The first-order valence-corrected chi connectivity index (χ1v) is 8.42. The number of hydrogen-bond donors (Lipinski definition) is 2. The molecule has 1 unspecified atom stereocenters. The number of nitrogens with zero attached hydrogens (tertiary/aromatic N) is 2.